The molecule has 0 aromatic heterocycles. The van der Waals surface area contributed by atoms with Gasteiger partial charge >= 0.3 is 6.61 Å². The van der Waals surface area contributed by atoms with Crippen molar-refractivity contribution in [3.8, 4) is 34.4 Å². The molecule has 0 saturated heterocycles. The van der Waals surface area contributed by atoms with Crippen molar-refractivity contribution < 1.29 is 27.8 Å². The van der Waals surface area contributed by atoms with Gasteiger partial charge < -0.3 is 19.5 Å². The van der Waals surface area contributed by atoms with Gasteiger partial charge in [0.2, 0.25) is 0 Å². The highest BCUT2D eigenvalue weighted by Gasteiger charge is 2.14. The zero-order valence-electron chi connectivity index (χ0n) is 16.5. The average Bonchev–Trinajstić information content (AvgIpc) is 2.78. The minimum Gasteiger partial charge on any atom is -0.497 e. The first-order valence-corrected chi connectivity index (χ1v) is 9.15. The summed E-state index contributed by atoms with van der Waals surface area (Å²) in [7, 11) is 1.52. The van der Waals surface area contributed by atoms with E-state index in [0.29, 0.717) is 33.9 Å². The molecule has 0 radical (unpaired) electrons. The molecule has 0 aliphatic heterocycles. The minimum absolute atomic E-state index is 0.0302. The lowest BCUT2D eigenvalue weighted by Crippen LogP contribution is -2.20. The van der Waals surface area contributed by atoms with Gasteiger partial charge in [0.15, 0.2) is 6.61 Å². The molecule has 0 aliphatic rings. The summed E-state index contributed by atoms with van der Waals surface area (Å²) < 4.78 is 40.8. The first-order valence-electron chi connectivity index (χ1n) is 9.15. The summed E-state index contributed by atoms with van der Waals surface area (Å²) in [6.45, 7) is -3.32. The Morgan fingerprint density at radius 3 is 2.48 bits per heavy atom. The van der Waals surface area contributed by atoms with Crippen LogP contribution in [0.15, 0.2) is 66.7 Å². The Morgan fingerprint density at radius 1 is 1.06 bits per heavy atom. The molecule has 31 heavy (non-hydrogen) atoms. The van der Waals surface area contributed by atoms with Crippen LogP contribution < -0.4 is 19.5 Å². The number of anilines is 1. The number of benzene rings is 3. The fourth-order valence-corrected chi connectivity index (χ4v) is 2.83. The largest absolute Gasteiger partial charge is 0.497 e. The monoisotopic (exact) mass is 424 g/mol. The molecule has 0 fully saturated rings. The summed E-state index contributed by atoms with van der Waals surface area (Å²) in [5.41, 5.74) is 1.66. The van der Waals surface area contributed by atoms with Crippen molar-refractivity contribution in [3.63, 3.8) is 0 Å². The lowest BCUT2D eigenvalue weighted by molar-refractivity contribution is -0.118. The molecule has 0 atom stereocenters. The van der Waals surface area contributed by atoms with Gasteiger partial charge in [0, 0.05) is 11.3 Å². The van der Waals surface area contributed by atoms with Gasteiger partial charge in [0.25, 0.3) is 5.91 Å². The quantitative estimate of drug-likeness (QED) is 0.559. The highest BCUT2D eigenvalue weighted by atomic mass is 19.3. The number of amides is 1. The number of nitrogens with one attached hydrogen (secondary N) is 1. The van der Waals surface area contributed by atoms with Crippen LogP contribution in [0.25, 0.3) is 11.1 Å². The summed E-state index contributed by atoms with van der Waals surface area (Å²) in [4.78, 5) is 12.3. The zero-order chi connectivity index (χ0) is 22.2. The van der Waals surface area contributed by atoms with E-state index in [4.69, 9.17) is 14.7 Å². The molecule has 8 heteroatoms. The maximum absolute atomic E-state index is 12.8. The van der Waals surface area contributed by atoms with Crippen molar-refractivity contribution in [2.24, 2.45) is 0 Å². The van der Waals surface area contributed by atoms with Crippen LogP contribution in [0.1, 0.15) is 5.56 Å². The van der Waals surface area contributed by atoms with Crippen LogP contribution in [0.4, 0.5) is 14.5 Å². The molecule has 0 aliphatic carbocycles. The number of rotatable bonds is 8. The SMILES string of the molecule is COc1ccc(-c2cc(NC(=O)COc3ccccc3C#N)ccc2OC(F)F)cc1. The molecule has 158 valence electrons. The van der Waals surface area contributed by atoms with Crippen molar-refractivity contribution in [1.29, 1.82) is 5.26 Å². The van der Waals surface area contributed by atoms with Gasteiger partial charge in [0.1, 0.15) is 23.3 Å². The third kappa shape index (κ3) is 5.70. The first kappa shape index (κ1) is 21.6. The number of nitriles is 1. The Balaban J connectivity index is 1.77. The van der Waals surface area contributed by atoms with Crippen LogP contribution in [0, 0.1) is 11.3 Å². The summed E-state index contributed by atoms with van der Waals surface area (Å²) >= 11 is 0. The van der Waals surface area contributed by atoms with Crippen LogP contribution in [-0.2, 0) is 4.79 Å². The van der Waals surface area contributed by atoms with Crippen molar-refractivity contribution >= 4 is 11.6 Å². The summed E-state index contributed by atoms with van der Waals surface area (Å²) in [5, 5.41) is 11.7. The molecular weight excluding hydrogens is 406 g/mol. The molecule has 0 heterocycles. The number of nitrogens with zero attached hydrogens (tertiary/aromatic N) is 1. The number of halogens is 2. The molecule has 0 saturated carbocycles. The van der Waals surface area contributed by atoms with Crippen LogP contribution >= 0.6 is 0 Å². The molecule has 6 nitrogen and oxygen atoms in total. The van der Waals surface area contributed by atoms with E-state index in [1.54, 1.807) is 48.5 Å². The smallest absolute Gasteiger partial charge is 0.387 e. The maximum Gasteiger partial charge on any atom is 0.387 e. The van der Waals surface area contributed by atoms with Gasteiger partial charge in [-0.1, -0.05) is 24.3 Å². The fraction of sp³-hybridized carbons (Fsp3) is 0.130. The topological polar surface area (TPSA) is 80.6 Å². The second-order valence-corrected chi connectivity index (χ2v) is 6.26. The fourth-order valence-electron chi connectivity index (χ4n) is 2.83. The predicted octanol–water partition coefficient (Wildman–Crippen LogP) is 4.85. The minimum atomic E-state index is -2.99. The Hall–Kier alpha value is -4.12. The van der Waals surface area contributed by atoms with Crippen LogP contribution in [0.3, 0.4) is 0 Å². The molecule has 3 rings (SSSR count). The Labute approximate surface area is 177 Å². The summed E-state index contributed by atoms with van der Waals surface area (Å²) in [5.74, 6) is 0.396. The average molecular weight is 424 g/mol. The highest BCUT2D eigenvalue weighted by molar-refractivity contribution is 5.93. The standard InChI is InChI=1S/C23H18F2N2O4/c1-29-18-9-6-15(7-10-18)19-12-17(8-11-21(19)31-23(24)25)27-22(28)14-30-20-5-3-2-4-16(20)13-26/h2-12,23H,14H2,1H3,(H,27,28). The van der Waals surface area contributed by atoms with Gasteiger partial charge in [-0.25, -0.2) is 0 Å². The van der Waals surface area contributed by atoms with Crippen molar-refractivity contribution in [2.45, 2.75) is 6.61 Å². The lowest BCUT2D eigenvalue weighted by Gasteiger charge is -2.14. The van der Waals surface area contributed by atoms with E-state index >= 15 is 0 Å². The van der Waals surface area contributed by atoms with E-state index in [1.165, 1.54) is 25.3 Å². The number of carbonyl (C=O) groups excluding carboxylic acids is 1. The third-order valence-electron chi connectivity index (χ3n) is 4.25. The Bertz CT molecular complexity index is 1100. The second kappa shape index (κ2) is 10.1. The Morgan fingerprint density at radius 2 is 1.81 bits per heavy atom. The Kier molecular flexibility index (Phi) is 7.01. The van der Waals surface area contributed by atoms with Crippen LogP contribution in [-0.4, -0.2) is 26.2 Å². The summed E-state index contributed by atoms with van der Waals surface area (Å²) in [6, 6.07) is 19.6. The molecule has 3 aromatic carbocycles. The molecular formula is C23H18F2N2O4. The first-order chi connectivity index (χ1) is 15.0. The lowest BCUT2D eigenvalue weighted by atomic mass is 10.0. The van der Waals surface area contributed by atoms with E-state index in [-0.39, 0.29) is 12.4 Å². The van der Waals surface area contributed by atoms with Gasteiger partial charge in [-0.15, -0.1) is 0 Å². The highest BCUT2D eigenvalue weighted by Crippen LogP contribution is 2.34. The number of methoxy groups -OCH3 is 1. The number of hydrogen-bond acceptors (Lipinski definition) is 5. The predicted molar refractivity (Wildman–Crippen MR) is 110 cm³/mol. The van der Waals surface area contributed by atoms with E-state index in [1.807, 2.05) is 6.07 Å². The van der Waals surface area contributed by atoms with Crippen LogP contribution in [0.2, 0.25) is 0 Å². The summed E-state index contributed by atoms with van der Waals surface area (Å²) in [6.07, 6.45) is 0. The molecule has 0 unspecified atom stereocenters. The second-order valence-electron chi connectivity index (χ2n) is 6.26. The molecule has 1 amide bonds. The number of para-hydroxylation sites is 1. The van der Waals surface area contributed by atoms with E-state index in [9.17, 15) is 13.6 Å². The maximum atomic E-state index is 12.8. The molecule has 0 spiro atoms. The van der Waals surface area contributed by atoms with E-state index in [0.717, 1.165) is 0 Å². The van der Waals surface area contributed by atoms with Gasteiger partial charge in [-0.3, -0.25) is 4.79 Å². The van der Waals surface area contributed by atoms with Crippen molar-refractivity contribution in [3.05, 3.63) is 72.3 Å². The van der Waals surface area contributed by atoms with E-state index in [2.05, 4.69) is 10.1 Å². The number of ether oxygens (including phenoxy) is 3. The number of alkyl halides is 2. The van der Waals surface area contributed by atoms with E-state index < -0.39 is 12.5 Å². The molecule has 3 aromatic rings. The third-order valence-corrected chi connectivity index (χ3v) is 4.25. The van der Waals surface area contributed by atoms with Crippen LogP contribution in [0.5, 0.6) is 17.2 Å². The van der Waals surface area contributed by atoms with Gasteiger partial charge in [-0.05, 0) is 48.0 Å². The van der Waals surface area contributed by atoms with Gasteiger partial charge in [0.05, 0.1) is 12.7 Å². The molecule has 1 N–H and O–H groups in total. The number of hydrogen-bond donors (Lipinski definition) is 1. The number of carbonyl (C=O) groups is 1. The molecule has 0 bridgehead atoms. The van der Waals surface area contributed by atoms with Crippen molar-refractivity contribution in [1.82, 2.24) is 0 Å². The zero-order valence-corrected chi connectivity index (χ0v) is 16.5. The normalized spacial score (nSPS) is 10.3. The van der Waals surface area contributed by atoms with Gasteiger partial charge in [-0.2, -0.15) is 14.0 Å². The van der Waals surface area contributed by atoms with Crippen molar-refractivity contribution in [2.75, 3.05) is 19.0 Å².